The van der Waals surface area contributed by atoms with Crippen molar-refractivity contribution < 1.29 is 24.5 Å². The first kappa shape index (κ1) is 22.7. The summed E-state index contributed by atoms with van der Waals surface area (Å²) >= 11 is 0. The molecule has 0 spiro atoms. The number of amides is 1. The number of anilines is 1. The van der Waals surface area contributed by atoms with E-state index >= 15 is 0 Å². The molecule has 1 amide bonds. The molecule has 1 aliphatic heterocycles. The molecule has 0 bridgehead atoms. The standard InChI is InChI=1S/C27H32N2O5/c1-16-9-19(10-17-11-23(26(2,3)4)29(24(16)17)13-20(31)14-30)28-25(32)27(7-8-27)18-5-6-21-22(12-18)34-15-33-21/h5-6,9-12,20,30-31H,7-8,13-15H2,1-4H3,(H,28,32). The summed E-state index contributed by atoms with van der Waals surface area (Å²) < 4.78 is 13.0. The van der Waals surface area contributed by atoms with Crippen molar-refractivity contribution in [3.8, 4) is 11.5 Å². The molecule has 34 heavy (non-hydrogen) atoms. The minimum atomic E-state index is -0.841. The Balaban J connectivity index is 1.47. The van der Waals surface area contributed by atoms with Crippen LogP contribution >= 0.6 is 0 Å². The predicted octanol–water partition coefficient (Wildman–Crippen LogP) is 4.00. The molecular formula is C27H32N2O5. The van der Waals surface area contributed by atoms with Gasteiger partial charge in [0.15, 0.2) is 11.5 Å². The fraction of sp³-hybridized carbons (Fsp3) is 0.444. The number of aliphatic hydroxyl groups excluding tert-OH is 2. The van der Waals surface area contributed by atoms with Crippen molar-refractivity contribution in [3.05, 3.63) is 53.2 Å². The molecule has 1 unspecified atom stereocenters. The summed E-state index contributed by atoms with van der Waals surface area (Å²) in [5, 5.41) is 23.7. The molecule has 1 aliphatic carbocycles. The number of benzene rings is 2. The predicted molar refractivity (Wildman–Crippen MR) is 131 cm³/mol. The molecule has 3 N–H and O–H groups in total. The number of hydrogen-bond donors (Lipinski definition) is 3. The highest BCUT2D eigenvalue weighted by molar-refractivity contribution is 6.03. The van der Waals surface area contributed by atoms with E-state index in [4.69, 9.17) is 9.47 Å². The van der Waals surface area contributed by atoms with Crippen LogP contribution in [0.5, 0.6) is 11.5 Å². The first-order valence-electron chi connectivity index (χ1n) is 11.8. The van der Waals surface area contributed by atoms with Gasteiger partial charge in [-0.05, 0) is 61.2 Å². The lowest BCUT2D eigenvalue weighted by atomic mass is 9.92. The second kappa shape index (κ2) is 8.03. The summed E-state index contributed by atoms with van der Waals surface area (Å²) in [5.41, 5.74) is 4.09. The molecule has 7 heteroatoms. The molecule has 180 valence electrons. The molecule has 3 aromatic rings. The number of nitrogens with zero attached hydrogens (tertiary/aromatic N) is 1. The van der Waals surface area contributed by atoms with Gasteiger partial charge >= 0.3 is 0 Å². The largest absolute Gasteiger partial charge is 0.454 e. The van der Waals surface area contributed by atoms with Gasteiger partial charge in [0.1, 0.15) is 0 Å². The van der Waals surface area contributed by atoms with E-state index in [1.54, 1.807) is 0 Å². The van der Waals surface area contributed by atoms with Crippen LogP contribution in [0.1, 0.15) is 50.4 Å². The summed E-state index contributed by atoms with van der Waals surface area (Å²) in [6, 6.07) is 11.8. The Kier molecular flexibility index (Phi) is 5.37. The van der Waals surface area contributed by atoms with Gasteiger partial charge < -0.3 is 29.6 Å². The molecule has 1 saturated carbocycles. The van der Waals surface area contributed by atoms with E-state index in [0.29, 0.717) is 18.0 Å². The Bertz CT molecular complexity index is 1270. The molecule has 0 radical (unpaired) electrons. The smallest absolute Gasteiger partial charge is 0.235 e. The van der Waals surface area contributed by atoms with Gasteiger partial charge in [0.2, 0.25) is 12.7 Å². The highest BCUT2D eigenvalue weighted by Gasteiger charge is 2.51. The number of ether oxygens (including phenoxy) is 2. The average Bonchev–Trinajstić information content (AvgIpc) is 3.31. The lowest BCUT2D eigenvalue weighted by Crippen LogP contribution is -2.27. The lowest BCUT2D eigenvalue weighted by Gasteiger charge is -2.24. The van der Waals surface area contributed by atoms with E-state index in [9.17, 15) is 15.0 Å². The maximum atomic E-state index is 13.4. The Hall–Kier alpha value is -3.03. The zero-order valence-electron chi connectivity index (χ0n) is 20.1. The molecule has 2 aromatic carbocycles. The Morgan fingerprint density at radius 1 is 1.15 bits per heavy atom. The van der Waals surface area contributed by atoms with Crippen molar-refractivity contribution in [3.63, 3.8) is 0 Å². The van der Waals surface area contributed by atoms with Crippen LogP contribution in [0.25, 0.3) is 10.9 Å². The second-order valence-corrected chi connectivity index (χ2v) is 10.6. The number of carbonyl (C=O) groups excluding carboxylic acids is 1. The quantitative estimate of drug-likeness (QED) is 0.513. The molecule has 2 aliphatic rings. The number of aromatic nitrogens is 1. The number of hydrogen-bond acceptors (Lipinski definition) is 5. The molecule has 2 heterocycles. The van der Waals surface area contributed by atoms with Crippen molar-refractivity contribution in [2.24, 2.45) is 0 Å². The maximum absolute atomic E-state index is 13.4. The lowest BCUT2D eigenvalue weighted by molar-refractivity contribution is -0.118. The number of carbonyl (C=O) groups is 1. The molecular weight excluding hydrogens is 432 g/mol. The van der Waals surface area contributed by atoms with Gasteiger partial charge in [-0.3, -0.25) is 4.79 Å². The van der Waals surface area contributed by atoms with E-state index in [-0.39, 0.29) is 24.7 Å². The summed E-state index contributed by atoms with van der Waals surface area (Å²) in [6.07, 6.45) is 0.749. The normalized spacial score (nSPS) is 17.1. The highest BCUT2D eigenvalue weighted by atomic mass is 16.7. The minimum absolute atomic E-state index is 0.0173. The highest BCUT2D eigenvalue weighted by Crippen LogP contribution is 2.51. The summed E-state index contributed by atoms with van der Waals surface area (Å²) in [4.78, 5) is 13.4. The molecule has 5 rings (SSSR count). The van der Waals surface area contributed by atoms with Crippen LogP contribution in [0.15, 0.2) is 36.4 Å². The van der Waals surface area contributed by atoms with Crippen LogP contribution < -0.4 is 14.8 Å². The van der Waals surface area contributed by atoms with Crippen molar-refractivity contribution in [1.29, 1.82) is 0 Å². The number of fused-ring (bicyclic) bond motifs is 2. The third-order valence-corrected chi connectivity index (χ3v) is 6.92. The van der Waals surface area contributed by atoms with Gasteiger partial charge in [0.25, 0.3) is 0 Å². The van der Waals surface area contributed by atoms with Crippen molar-refractivity contribution in [2.45, 2.75) is 64.0 Å². The van der Waals surface area contributed by atoms with Gasteiger partial charge in [-0.2, -0.15) is 0 Å². The van der Waals surface area contributed by atoms with Crippen LogP contribution in [0.2, 0.25) is 0 Å². The maximum Gasteiger partial charge on any atom is 0.235 e. The zero-order valence-corrected chi connectivity index (χ0v) is 20.1. The first-order chi connectivity index (χ1) is 16.1. The molecule has 0 saturated heterocycles. The molecule has 1 aromatic heterocycles. The Labute approximate surface area is 199 Å². The van der Waals surface area contributed by atoms with E-state index in [1.165, 1.54) is 0 Å². The number of aliphatic hydroxyl groups is 2. The molecule has 7 nitrogen and oxygen atoms in total. The van der Waals surface area contributed by atoms with Crippen LogP contribution in [-0.4, -0.2) is 40.2 Å². The van der Waals surface area contributed by atoms with Crippen LogP contribution in [0.4, 0.5) is 5.69 Å². The summed E-state index contributed by atoms with van der Waals surface area (Å²) in [7, 11) is 0. The first-order valence-corrected chi connectivity index (χ1v) is 11.8. The molecule has 1 atom stereocenters. The topological polar surface area (TPSA) is 93.0 Å². The Morgan fingerprint density at radius 3 is 2.56 bits per heavy atom. The van der Waals surface area contributed by atoms with Gasteiger partial charge in [0.05, 0.1) is 30.2 Å². The van der Waals surface area contributed by atoms with E-state index in [0.717, 1.165) is 46.3 Å². The second-order valence-electron chi connectivity index (χ2n) is 10.6. The monoisotopic (exact) mass is 464 g/mol. The van der Waals surface area contributed by atoms with E-state index in [1.807, 2.05) is 37.3 Å². The van der Waals surface area contributed by atoms with Crippen molar-refractivity contribution in [1.82, 2.24) is 4.57 Å². The fourth-order valence-electron chi connectivity index (χ4n) is 5.00. The zero-order chi connectivity index (χ0) is 24.3. The number of aryl methyl sites for hydroxylation is 1. The van der Waals surface area contributed by atoms with Gasteiger partial charge in [-0.1, -0.05) is 26.8 Å². The van der Waals surface area contributed by atoms with Gasteiger partial charge in [-0.15, -0.1) is 0 Å². The number of nitrogens with one attached hydrogen (secondary N) is 1. The van der Waals surface area contributed by atoms with Crippen LogP contribution in [-0.2, 0) is 22.2 Å². The third-order valence-electron chi connectivity index (χ3n) is 6.92. The van der Waals surface area contributed by atoms with Gasteiger partial charge in [0, 0.05) is 22.2 Å². The van der Waals surface area contributed by atoms with E-state index in [2.05, 4.69) is 36.7 Å². The SMILES string of the molecule is Cc1cc(NC(=O)C2(c3ccc4c(c3)OCO4)CC2)cc2cc(C(C)(C)C)n(CC(O)CO)c12. The molecule has 1 fully saturated rings. The Morgan fingerprint density at radius 2 is 1.88 bits per heavy atom. The summed E-state index contributed by atoms with van der Waals surface area (Å²) in [5.74, 6) is 1.39. The van der Waals surface area contributed by atoms with Crippen molar-refractivity contribution in [2.75, 3.05) is 18.7 Å². The number of rotatable bonds is 6. The average molecular weight is 465 g/mol. The van der Waals surface area contributed by atoms with Crippen molar-refractivity contribution >= 4 is 22.5 Å². The van der Waals surface area contributed by atoms with Crippen LogP contribution in [0, 0.1) is 6.92 Å². The van der Waals surface area contributed by atoms with Gasteiger partial charge in [-0.25, -0.2) is 0 Å². The third kappa shape index (κ3) is 3.83. The van der Waals surface area contributed by atoms with E-state index < -0.39 is 11.5 Å². The van der Waals surface area contributed by atoms with Crippen LogP contribution in [0.3, 0.4) is 0 Å². The fourth-order valence-corrected chi connectivity index (χ4v) is 5.00. The summed E-state index contributed by atoms with van der Waals surface area (Å²) in [6.45, 7) is 8.63. The minimum Gasteiger partial charge on any atom is -0.454 e.